The maximum atomic E-state index is 13.3. The van der Waals surface area contributed by atoms with E-state index in [0.717, 1.165) is 37.1 Å². The zero-order valence-electron chi connectivity index (χ0n) is 16.3. The minimum absolute atomic E-state index is 0. The number of anilines is 1. The van der Waals surface area contributed by atoms with Crippen molar-refractivity contribution in [2.45, 2.75) is 31.8 Å². The van der Waals surface area contributed by atoms with E-state index >= 15 is 0 Å². The second-order valence-electron chi connectivity index (χ2n) is 6.90. The van der Waals surface area contributed by atoms with Gasteiger partial charge in [-0.15, -0.1) is 24.8 Å². The molecular weight excluding hydrogens is 414 g/mol. The van der Waals surface area contributed by atoms with Crippen LogP contribution in [0, 0.1) is 5.82 Å². The Kier molecular flexibility index (Phi) is 11.0. The van der Waals surface area contributed by atoms with Gasteiger partial charge >= 0.3 is 6.03 Å². The number of likely N-dealkylation sites (tertiary alicyclic amines) is 1. The second kappa shape index (κ2) is 12.6. The van der Waals surface area contributed by atoms with Crippen LogP contribution in [0.1, 0.15) is 36.4 Å². The molecule has 0 radical (unpaired) electrons. The van der Waals surface area contributed by atoms with Crippen molar-refractivity contribution in [3.8, 4) is 0 Å². The number of hydrogen-bond donors (Lipinski definition) is 3. The average Bonchev–Trinajstić information content (AvgIpc) is 2.70. The van der Waals surface area contributed by atoms with E-state index in [1.807, 2.05) is 24.3 Å². The van der Waals surface area contributed by atoms with E-state index in [9.17, 15) is 9.18 Å². The maximum Gasteiger partial charge on any atom is 0.319 e. The number of piperidine rings is 1. The summed E-state index contributed by atoms with van der Waals surface area (Å²) in [6.45, 7) is 2.88. The number of nitrogens with zero attached hydrogens (tertiary/aromatic N) is 1. The summed E-state index contributed by atoms with van der Waals surface area (Å²) in [5, 5.41) is 5.81. The molecule has 1 saturated heterocycles. The number of urea groups is 1. The number of nitrogens with one attached hydrogen (secondary N) is 2. The number of carbonyl (C=O) groups is 1. The molecule has 1 atom stereocenters. The van der Waals surface area contributed by atoms with E-state index in [1.165, 1.54) is 18.6 Å². The third-order valence-electron chi connectivity index (χ3n) is 4.96. The molecule has 29 heavy (non-hydrogen) atoms. The summed E-state index contributed by atoms with van der Waals surface area (Å²) >= 11 is 0. The highest BCUT2D eigenvalue weighted by Crippen LogP contribution is 2.24. The minimum Gasteiger partial charge on any atom is -0.336 e. The molecule has 4 N–H and O–H groups in total. The highest BCUT2D eigenvalue weighted by atomic mass is 35.5. The molecule has 0 saturated carbocycles. The number of hydrogen-bond acceptors (Lipinski definition) is 3. The molecule has 1 unspecified atom stereocenters. The Morgan fingerprint density at radius 3 is 2.41 bits per heavy atom. The molecule has 2 aromatic carbocycles. The van der Waals surface area contributed by atoms with Crippen molar-refractivity contribution >= 4 is 36.5 Å². The van der Waals surface area contributed by atoms with Crippen molar-refractivity contribution in [3.05, 3.63) is 65.5 Å². The maximum absolute atomic E-state index is 13.3. The number of rotatable bonds is 6. The summed E-state index contributed by atoms with van der Waals surface area (Å²) in [7, 11) is 0. The molecule has 1 aliphatic heterocycles. The lowest BCUT2D eigenvalue weighted by molar-refractivity contribution is 0.161. The van der Waals surface area contributed by atoms with Gasteiger partial charge in [-0.25, -0.2) is 9.18 Å². The van der Waals surface area contributed by atoms with Crippen LogP contribution in [0.25, 0.3) is 0 Å². The van der Waals surface area contributed by atoms with Crippen LogP contribution in [0.2, 0.25) is 0 Å². The van der Waals surface area contributed by atoms with Crippen molar-refractivity contribution in [1.29, 1.82) is 0 Å². The summed E-state index contributed by atoms with van der Waals surface area (Å²) in [6, 6.07) is 13.8. The van der Waals surface area contributed by atoms with Crippen LogP contribution in [0.15, 0.2) is 48.5 Å². The quantitative estimate of drug-likeness (QED) is 0.617. The smallest absolute Gasteiger partial charge is 0.319 e. The lowest BCUT2D eigenvalue weighted by Crippen LogP contribution is -2.41. The molecule has 2 aromatic rings. The van der Waals surface area contributed by atoms with E-state index in [0.29, 0.717) is 18.8 Å². The first-order valence-electron chi connectivity index (χ1n) is 9.49. The number of amides is 2. The number of halogens is 3. The lowest BCUT2D eigenvalue weighted by Gasteiger charge is -2.35. The first-order chi connectivity index (χ1) is 13.2. The Balaban J connectivity index is 0.00000210. The summed E-state index contributed by atoms with van der Waals surface area (Å²) in [6.07, 6.45) is 3.53. The van der Waals surface area contributed by atoms with Crippen molar-refractivity contribution < 1.29 is 9.18 Å². The van der Waals surface area contributed by atoms with E-state index < -0.39 is 0 Å². The van der Waals surface area contributed by atoms with Gasteiger partial charge in [0, 0.05) is 18.8 Å². The Hall–Kier alpha value is -1.86. The van der Waals surface area contributed by atoms with Crippen LogP contribution in [0.4, 0.5) is 14.9 Å². The Morgan fingerprint density at radius 2 is 1.76 bits per heavy atom. The molecule has 5 nitrogen and oxygen atoms in total. The van der Waals surface area contributed by atoms with Gasteiger partial charge in [0.15, 0.2) is 0 Å². The molecule has 1 aliphatic rings. The molecule has 0 aromatic heterocycles. The molecule has 1 heterocycles. The predicted molar refractivity (Wildman–Crippen MR) is 120 cm³/mol. The summed E-state index contributed by atoms with van der Waals surface area (Å²) in [5.41, 5.74) is 8.34. The highest BCUT2D eigenvalue weighted by Gasteiger charge is 2.23. The van der Waals surface area contributed by atoms with Gasteiger partial charge in [-0.2, -0.15) is 0 Å². The number of benzene rings is 2. The summed E-state index contributed by atoms with van der Waals surface area (Å²) in [5.74, 6) is -0.248. The molecule has 0 bridgehead atoms. The van der Waals surface area contributed by atoms with Crippen LogP contribution in [-0.2, 0) is 6.54 Å². The van der Waals surface area contributed by atoms with Crippen molar-refractivity contribution in [1.82, 2.24) is 10.2 Å². The van der Waals surface area contributed by atoms with Gasteiger partial charge in [0.25, 0.3) is 0 Å². The normalized spacial score (nSPS) is 14.8. The molecule has 1 fully saturated rings. The van der Waals surface area contributed by atoms with Crippen LogP contribution >= 0.6 is 24.8 Å². The fraction of sp³-hybridized carbons (Fsp3) is 0.381. The fourth-order valence-electron chi connectivity index (χ4n) is 3.51. The molecule has 0 aliphatic carbocycles. The van der Waals surface area contributed by atoms with Gasteiger partial charge in [0.1, 0.15) is 5.82 Å². The second-order valence-corrected chi connectivity index (χ2v) is 6.90. The Labute approximate surface area is 184 Å². The molecule has 3 rings (SSSR count). The molecule has 160 valence electrons. The van der Waals surface area contributed by atoms with E-state index in [2.05, 4.69) is 15.5 Å². The average molecular weight is 443 g/mol. The topological polar surface area (TPSA) is 70.4 Å². The zero-order valence-corrected chi connectivity index (χ0v) is 17.9. The van der Waals surface area contributed by atoms with Crippen molar-refractivity contribution in [3.63, 3.8) is 0 Å². The van der Waals surface area contributed by atoms with Crippen LogP contribution in [0.5, 0.6) is 0 Å². The van der Waals surface area contributed by atoms with Crippen molar-refractivity contribution in [2.75, 3.05) is 25.0 Å². The largest absolute Gasteiger partial charge is 0.336 e. The predicted octanol–water partition coefficient (Wildman–Crippen LogP) is 4.48. The van der Waals surface area contributed by atoms with Crippen LogP contribution in [-0.4, -0.2) is 30.6 Å². The number of nitrogens with two attached hydrogens (primary N) is 1. The molecular formula is C21H29Cl2FN4O. The van der Waals surface area contributed by atoms with Gasteiger partial charge in [0.05, 0.1) is 6.04 Å². The first-order valence-corrected chi connectivity index (χ1v) is 9.49. The molecule has 8 heteroatoms. The fourth-order valence-corrected chi connectivity index (χ4v) is 3.51. The van der Waals surface area contributed by atoms with Crippen LogP contribution in [0.3, 0.4) is 0 Å². The minimum atomic E-state index is -0.256. The number of carbonyl (C=O) groups excluding carboxylic acids is 1. The Morgan fingerprint density at radius 1 is 1.07 bits per heavy atom. The van der Waals surface area contributed by atoms with Crippen molar-refractivity contribution in [2.24, 2.45) is 5.73 Å². The zero-order chi connectivity index (χ0) is 19.1. The standard InChI is InChI=1S/C21H27FN4O.2ClH/c22-18-9-7-17(8-10-18)20(26-11-2-1-3-12-26)15-24-21(27)25-19-6-4-5-16(13-19)14-23;;/h4-10,13,20H,1-3,11-12,14-15,23H2,(H2,24,25,27);2*1H. The molecule has 2 amide bonds. The highest BCUT2D eigenvalue weighted by molar-refractivity contribution is 5.89. The van der Waals surface area contributed by atoms with E-state index in [-0.39, 0.29) is 42.7 Å². The summed E-state index contributed by atoms with van der Waals surface area (Å²) in [4.78, 5) is 14.7. The third-order valence-corrected chi connectivity index (χ3v) is 4.96. The third kappa shape index (κ3) is 7.48. The van der Waals surface area contributed by atoms with Gasteiger partial charge in [0.2, 0.25) is 0 Å². The van der Waals surface area contributed by atoms with E-state index in [1.54, 1.807) is 12.1 Å². The molecule has 0 spiro atoms. The van der Waals surface area contributed by atoms with Gasteiger partial charge in [-0.1, -0.05) is 30.7 Å². The van der Waals surface area contributed by atoms with Crippen LogP contribution < -0.4 is 16.4 Å². The Bertz CT molecular complexity index is 755. The van der Waals surface area contributed by atoms with Gasteiger partial charge < -0.3 is 16.4 Å². The monoisotopic (exact) mass is 442 g/mol. The lowest BCUT2D eigenvalue weighted by atomic mass is 10.0. The van der Waals surface area contributed by atoms with Gasteiger partial charge in [-0.3, -0.25) is 4.90 Å². The first kappa shape index (κ1) is 25.2. The van der Waals surface area contributed by atoms with Gasteiger partial charge in [-0.05, 0) is 61.3 Å². The summed E-state index contributed by atoms with van der Waals surface area (Å²) < 4.78 is 13.3. The van der Waals surface area contributed by atoms with E-state index in [4.69, 9.17) is 5.73 Å². The SMILES string of the molecule is Cl.Cl.NCc1cccc(NC(=O)NCC(c2ccc(F)cc2)N2CCCCC2)c1.